The second-order valence-electron chi connectivity index (χ2n) is 4.76. The maximum absolute atomic E-state index is 11.8. The van der Waals surface area contributed by atoms with Crippen LogP contribution in [0, 0.1) is 0 Å². The summed E-state index contributed by atoms with van der Waals surface area (Å²) in [4.78, 5) is 25.1. The third kappa shape index (κ3) is 4.74. The van der Waals surface area contributed by atoms with Gasteiger partial charge in [0.05, 0.1) is 12.1 Å². The first-order valence-electron chi connectivity index (χ1n) is 6.29. The summed E-state index contributed by atoms with van der Waals surface area (Å²) in [7, 11) is 3.86. The van der Waals surface area contributed by atoms with E-state index in [1.807, 2.05) is 19.0 Å². The van der Waals surface area contributed by atoms with Crippen LogP contribution in [0.2, 0.25) is 0 Å². The Balaban J connectivity index is 0.00000220. The number of benzene rings is 1. The van der Waals surface area contributed by atoms with E-state index in [0.717, 1.165) is 0 Å². The molecule has 7 nitrogen and oxygen atoms in total. The predicted molar refractivity (Wildman–Crippen MR) is 91.2 cm³/mol. The van der Waals surface area contributed by atoms with Crippen molar-refractivity contribution in [3.8, 4) is 0 Å². The van der Waals surface area contributed by atoms with Crippen LogP contribution in [0.1, 0.15) is 0 Å². The lowest BCUT2D eigenvalue weighted by molar-refractivity contribution is -0.114. The molecule has 1 aromatic heterocycles. The molecule has 0 saturated carbocycles. The number of aromatic nitrogens is 1. The van der Waals surface area contributed by atoms with E-state index in [1.165, 1.54) is 0 Å². The molecule has 0 spiro atoms. The highest BCUT2D eigenvalue weighted by Crippen LogP contribution is 2.18. The lowest BCUT2D eigenvalue weighted by Crippen LogP contribution is -2.24. The molecule has 1 amide bonds. The number of oxazole rings is 1. The molecule has 22 heavy (non-hydrogen) atoms. The van der Waals surface area contributed by atoms with Crippen molar-refractivity contribution in [2.45, 2.75) is 6.54 Å². The first-order valence-corrected chi connectivity index (χ1v) is 6.29. The molecule has 1 heterocycles. The van der Waals surface area contributed by atoms with Gasteiger partial charge < -0.3 is 20.4 Å². The summed E-state index contributed by atoms with van der Waals surface area (Å²) in [6, 6.07) is 5.05. The van der Waals surface area contributed by atoms with E-state index in [4.69, 9.17) is 10.2 Å². The zero-order valence-electron chi connectivity index (χ0n) is 12.4. The number of nitrogens with two attached hydrogens (primary N) is 1. The molecule has 2 aromatic rings. The summed E-state index contributed by atoms with van der Waals surface area (Å²) in [5, 5.41) is 2.65. The van der Waals surface area contributed by atoms with Crippen LogP contribution in [0.5, 0.6) is 0 Å². The van der Waals surface area contributed by atoms with E-state index in [1.54, 1.807) is 22.8 Å². The maximum Gasteiger partial charge on any atom is 0.419 e. The Morgan fingerprint density at radius 1 is 1.36 bits per heavy atom. The quantitative estimate of drug-likeness (QED) is 0.835. The molecule has 0 saturated heterocycles. The van der Waals surface area contributed by atoms with E-state index < -0.39 is 5.76 Å². The molecule has 0 unspecified atom stereocenters. The second-order valence-corrected chi connectivity index (χ2v) is 4.76. The highest BCUT2D eigenvalue weighted by atomic mass is 35.5. The fourth-order valence-electron chi connectivity index (χ4n) is 1.86. The van der Waals surface area contributed by atoms with Gasteiger partial charge in [0.15, 0.2) is 5.58 Å². The summed E-state index contributed by atoms with van der Waals surface area (Å²) in [6.45, 7) is 1.15. The van der Waals surface area contributed by atoms with Crippen LogP contribution in [-0.4, -0.2) is 42.6 Å². The normalized spacial score (nSPS) is 10.2. The molecule has 0 aliphatic heterocycles. The molecule has 0 bridgehead atoms. The summed E-state index contributed by atoms with van der Waals surface area (Å²) >= 11 is 0. The van der Waals surface area contributed by atoms with Gasteiger partial charge >= 0.3 is 5.76 Å². The number of likely N-dealkylation sites (N-methyl/N-ethyl adjacent to an activating group) is 1. The van der Waals surface area contributed by atoms with Crippen molar-refractivity contribution in [1.82, 2.24) is 9.47 Å². The second kappa shape index (κ2) is 8.79. The third-order valence-corrected chi connectivity index (χ3v) is 2.91. The molecular formula is C13H20Cl2N4O3. The summed E-state index contributed by atoms with van der Waals surface area (Å²) in [5.74, 6) is -0.681. The van der Waals surface area contributed by atoms with Gasteiger partial charge in [0, 0.05) is 18.8 Å². The SMILES string of the molecule is CN(C)CCn1c(=O)oc2ccc(NC(=O)CN)cc21.Cl.Cl. The number of carbonyl (C=O) groups is 1. The minimum atomic E-state index is -0.399. The van der Waals surface area contributed by atoms with Crippen LogP contribution in [0.25, 0.3) is 11.1 Å². The molecule has 0 aliphatic rings. The van der Waals surface area contributed by atoms with Gasteiger partial charge in [0.1, 0.15) is 0 Å². The van der Waals surface area contributed by atoms with Crippen LogP contribution in [0.3, 0.4) is 0 Å². The van der Waals surface area contributed by atoms with E-state index in [-0.39, 0.29) is 37.3 Å². The number of halogens is 2. The summed E-state index contributed by atoms with van der Waals surface area (Å²) in [6.07, 6.45) is 0. The van der Waals surface area contributed by atoms with Gasteiger partial charge in [-0.05, 0) is 32.3 Å². The number of fused-ring (bicyclic) bond motifs is 1. The molecule has 2 rings (SSSR count). The molecule has 3 N–H and O–H groups in total. The minimum Gasteiger partial charge on any atom is -0.408 e. The average Bonchev–Trinajstić information content (AvgIpc) is 2.71. The molecule has 124 valence electrons. The van der Waals surface area contributed by atoms with Crippen molar-refractivity contribution >= 4 is 47.5 Å². The number of carbonyl (C=O) groups excluding carboxylic acids is 1. The van der Waals surface area contributed by atoms with Crippen LogP contribution >= 0.6 is 24.8 Å². The van der Waals surface area contributed by atoms with Crippen molar-refractivity contribution < 1.29 is 9.21 Å². The van der Waals surface area contributed by atoms with Gasteiger partial charge in [-0.15, -0.1) is 24.8 Å². The van der Waals surface area contributed by atoms with Crippen molar-refractivity contribution in [2.24, 2.45) is 5.73 Å². The van der Waals surface area contributed by atoms with Crippen molar-refractivity contribution in [2.75, 3.05) is 32.5 Å². The van der Waals surface area contributed by atoms with Gasteiger partial charge in [-0.3, -0.25) is 9.36 Å². The lowest BCUT2D eigenvalue weighted by Gasteiger charge is -2.09. The Morgan fingerprint density at radius 3 is 2.64 bits per heavy atom. The predicted octanol–water partition coefficient (Wildman–Crippen LogP) is 0.897. The van der Waals surface area contributed by atoms with Crippen molar-refractivity contribution in [3.63, 3.8) is 0 Å². The van der Waals surface area contributed by atoms with Gasteiger partial charge in [0.2, 0.25) is 5.91 Å². The Morgan fingerprint density at radius 2 is 2.05 bits per heavy atom. The minimum absolute atomic E-state index is 0. The van der Waals surface area contributed by atoms with E-state index >= 15 is 0 Å². The maximum atomic E-state index is 11.8. The van der Waals surface area contributed by atoms with Crippen LogP contribution < -0.4 is 16.8 Å². The number of amides is 1. The first-order chi connectivity index (χ1) is 9.51. The molecule has 9 heteroatoms. The highest BCUT2D eigenvalue weighted by Gasteiger charge is 2.10. The fourth-order valence-corrected chi connectivity index (χ4v) is 1.86. The van der Waals surface area contributed by atoms with Gasteiger partial charge in [-0.2, -0.15) is 0 Å². The number of nitrogens with zero attached hydrogens (tertiary/aromatic N) is 2. The molecule has 0 aliphatic carbocycles. The van der Waals surface area contributed by atoms with Crippen LogP contribution in [0.4, 0.5) is 5.69 Å². The Bertz CT molecular complexity index is 681. The number of rotatable bonds is 5. The monoisotopic (exact) mass is 350 g/mol. The van der Waals surface area contributed by atoms with Gasteiger partial charge in [0.25, 0.3) is 0 Å². The lowest BCUT2D eigenvalue weighted by atomic mass is 10.2. The average molecular weight is 351 g/mol. The number of anilines is 1. The van der Waals surface area contributed by atoms with Crippen molar-refractivity contribution in [1.29, 1.82) is 0 Å². The Hall–Kier alpha value is -1.54. The van der Waals surface area contributed by atoms with Crippen molar-refractivity contribution in [3.05, 3.63) is 28.7 Å². The largest absolute Gasteiger partial charge is 0.419 e. The number of nitrogens with one attached hydrogen (secondary N) is 1. The van der Waals surface area contributed by atoms with Gasteiger partial charge in [-0.25, -0.2) is 4.79 Å². The zero-order valence-corrected chi connectivity index (χ0v) is 14.0. The van der Waals surface area contributed by atoms with Gasteiger partial charge in [-0.1, -0.05) is 0 Å². The standard InChI is InChI=1S/C13H18N4O3.2ClH/c1-16(2)5-6-17-10-7-9(15-12(18)8-14)3-4-11(10)20-13(17)19;;/h3-4,7H,5-6,8,14H2,1-2H3,(H,15,18);2*1H. The van der Waals surface area contributed by atoms with Crippen LogP contribution in [0.15, 0.2) is 27.4 Å². The molecule has 0 fully saturated rings. The zero-order chi connectivity index (χ0) is 14.7. The number of hydrogen-bond donors (Lipinski definition) is 2. The molecule has 0 atom stereocenters. The topological polar surface area (TPSA) is 93.5 Å². The first kappa shape index (κ1) is 20.5. The Labute approximate surface area is 140 Å². The third-order valence-electron chi connectivity index (χ3n) is 2.91. The van der Waals surface area contributed by atoms with E-state index in [0.29, 0.717) is 29.9 Å². The molecule has 0 radical (unpaired) electrons. The smallest absolute Gasteiger partial charge is 0.408 e. The van der Waals surface area contributed by atoms with E-state index in [9.17, 15) is 9.59 Å². The van der Waals surface area contributed by atoms with Crippen LogP contribution in [-0.2, 0) is 11.3 Å². The summed E-state index contributed by atoms with van der Waals surface area (Å²) in [5.41, 5.74) is 7.00. The number of hydrogen-bond acceptors (Lipinski definition) is 5. The fraction of sp³-hybridized carbons (Fsp3) is 0.385. The summed E-state index contributed by atoms with van der Waals surface area (Å²) < 4.78 is 6.72. The highest BCUT2D eigenvalue weighted by molar-refractivity contribution is 5.93. The molecule has 1 aromatic carbocycles. The Kier molecular flexibility index (Phi) is 8.18. The van der Waals surface area contributed by atoms with E-state index in [2.05, 4.69) is 5.32 Å². The molecular weight excluding hydrogens is 331 g/mol.